The van der Waals surface area contributed by atoms with Crippen LogP contribution in [-0.4, -0.2) is 22.0 Å². The molecule has 0 saturated heterocycles. The van der Waals surface area contributed by atoms with Crippen molar-refractivity contribution in [2.45, 2.75) is 6.92 Å². The Morgan fingerprint density at radius 3 is 2.21 bits per heavy atom. The fourth-order valence-electron chi connectivity index (χ4n) is 2.74. The number of aryl methyl sites for hydroxylation is 1. The van der Waals surface area contributed by atoms with Gasteiger partial charge in [0.15, 0.2) is 0 Å². The summed E-state index contributed by atoms with van der Waals surface area (Å²) in [6.45, 7) is 1.67. The van der Waals surface area contributed by atoms with Crippen LogP contribution in [0.5, 0.6) is 0 Å². The molecule has 138 valence electrons. The number of pyridine rings is 1. The topological polar surface area (TPSA) is 97.1 Å². The van der Waals surface area contributed by atoms with Crippen molar-refractivity contribution < 1.29 is 14.1 Å². The maximum absolute atomic E-state index is 12.5. The highest BCUT2D eigenvalue weighted by atomic mass is 16.5. The molecule has 0 spiro atoms. The second-order valence-corrected chi connectivity index (χ2v) is 6.17. The van der Waals surface area contributed by atoms with Crippen molar-refractivity contribution in [2.75, 3.05) is 10.6 Å². The highest BCUT2D eigenvalue weighted by molar-refractivity contribution is 6.05. The third kappa shape index (κ3) is 3.59. The van der Waals surface area contributed by atoms with Crippen LogP contribution in [0.3, 0.4) is 0 Å². The van der Waals surface area contributed by atoms with Crippen LogP contribution in [0.2, 0.25) is 0 Å². The number of carbonyl (C=O) groups excluding carboxylic acids is 2. The molecular formula is C21H16N4O3. The largest absolute Gasteiger partial charge is 0.361 e. The molecule has 28 heavy (non-hydrogen) atoms. The van der Waals surface area contributed by atoms with Gasteiger partial charge in [-0.25, -0.2) is 4.98 Å². The lowest BCUT2D eigenvalue weighted by molar-refractivity contribution is 0.101. The van der Waals surface area contributed by atoms with Crippen LogP contribution in [0.25, 0.3) is 10.9 Å². The Kier molecular flexibility index (Phi) is 4.55. The third-order valence-electron chi connectivity index (χ3n) is 4.23. The molecule has 0 aliphatic heterocycles. The summed E-state index contributed by atoms with van der Waals surface area (Å²) in [4.78, 5) is 29.0. The molecule has 0 bridgehead atoms. The molecule has 2 heterocycles. The highest BCUT2D eigenvalue weighted by Crippen LogP contribution is 2.17. The predicted molar refractivity (Wildman–Crippen MR) is 105 cm³/mol. The number of benzene rings is 2. The van der Waals surface area contributed by atoms with E-state index in [0.29, 0.717) is 28.4 Å². The van der Waals surface area contributed by atoms with E-state index in [1.807, 2.05) is 30.3 Å². The second kappa shape index (κ2) is 7.32. The molecule has 2 N–H and O–H groups in total. The van der Waals surface area contributed by atoms with Crippen LogP contribution in [0.1, 0.15) is 26.6 Å². The van der Waals surface area contributed by atoms with Gasteiger partial charge >= 0.3 is 0 Å². The first-order valence-corrected chi connectivity index (χ1v) is 8.60. The van der Waals surface area contributed by atoms with Gasteiger partial charge in [-0.1, -0.05) is 29.4 Å². The summed E-state index contributed by atoms with van der Waals surface area (Å²) in [6, 6.07) is 18.0. The van der Waals surface area contributed by atoms with E-state index in [-0.39, 0.29) is 11.8 Å². The minimum atomic E-state index is -0.309. The summed E-state index contributed by atoms with van der Waals surface area (Å²) < 4.78 is 4.89. The molecule has 0 saturated carbocycles. The molecule has 4 rings (SSSR count). The zero-order valence-corrected chi connectivity index (χ0v) is 15.0. The molecule has 2 aromatic carbocycles. The molecule has 0 radical (unpaired) electrons. The molecule has 0 fully saturated rings. The van der Waals surface area contributed by atoms with Crippen LogP contribution < -0.4 is 10.6 Å². The number of para-hydroxylation sites is 1. The Labute approximate surface area is 160 Å². The molecule has 0 aliphatic carbocycles. The predicted octanol–water partition coefficient (Wildman–Crippen LogP) is 4.04. The quantitative estimate of drug-likeness (QED) is 0.564. The second-order valence-electron chi connectivity index (χ2n) is 6.17. The van der Waals surface area contributed by atoms with Crippen molar-refractivity contribution in [1.82, 2.24) is 10.1 Å². The number of anilines is 2. The maximum Gasteiger partial charge on any atom is 0.274 e. The average molecular weight is 372 g/mol. The van der Waals surface area contributed by atoms with Gasteiger partial charge in [-0.3, -0.25) is 9.59 Å². The standard InChI is InChI=1S/C21H16N4O3/c1-13-17(12-22-28-13)20(26)23-15-7-9-16(10-8-15)24-21(27)19-11-6-14-4-2-3-5-18(14)25-19/h2-12H,1H3,(H,23,26)(H,24,27). The van der Waals surface area contributed by atoms with E-state index in [2.05, 4.69) is 20.8 Å². The lowest BCUT2D eigenvalue weighted by Gasteiger charge is -2.08. The van der Waals surface area contributed by atoms with Gasteiger partial charge in [0.05, 0.1) is 11.7 Å². The molecule has 2 aromatic heterocycles. The monoisotopic (exact) mass is 372 g/mol. The number of hydrogen-bond acceptors (Lipinski definition) is 5. The first kappa shape index (κ1) is 17.4. The Balaban J connectivity index is 1.44. The van der Waals surface area contributed by atoms with Crippen LogP contribution in [0.4, 0.5) is 11.4 Å². The molecular weight excluding hydrogens is 356 g/mol. The lowest BCUT2D eigenvalue weighted by atomic mass is 10.2. The van der Waals surface area contributed by atoms with Gasteiger partial charge in [-0.2, -0.15) is 0 Å². The Morgan fingerprint density at radius 1 is 0.857 bits per heavy atom. The van der Waals surface area contributed by atoms with Gasteiger partial charge < -0.3 is 15.2 Å². The number of nitrogens with one attached hydrogen (secondary N) is 2. The van der Waals surface area contributed by atoms with E-state index in [1.54, 1.807) is 37.3 Å². The van der Waals surface area contributed by atoms with Crippen LogP contribution in [-0.2, 0) is 0 Å². The van der Waals surface area contributed by atoms with Gasteiger partial charge in [0.25, 0.3) is 11.8 Å². The van der Waals surface area contributed by atoms with Crippen molar-refractivity contribution in [2.24, 2.45) is 0 Å². The van der Waals surface area contributed by atoms with Gasteiger partial charge in [0.2, 0.25) is 0 Å². The molecule has 0 atom stereocenters. The van der Waals surface area contributed by atoms with E-state index in [9.17, 15) is 9.59 Å². The summed E-state index contributed by atoms with van der Waals surface area (Å²) >= 11 is 0. The van der Waals surface area contributed by atoms with Crippen molar-refractivity contribution in [3.63, 3.8) is 0 Å². The molecule has 0 aliphatic rings. The van der Waals surface area contributed by atoms with Crippen molar-refractivity contribution >= 4 is 34.1 Å². The number of fused-ring (bicyclic) bond motifs is 1. The molecule has 4 aromatic rings. The zero-order chi connectivity index (χ0) is 19.5. The van der Waals surface area contributed by atoms with Gasteiger partial charge in [-0.05, 0) is 43.3 Å². The number of hydrogen-bond donors (Lipinski definition) is 2. The first-order valence-electron chi connectivity index (χ1n) is 8.60. The van der Waals surface area contributed by atoms with E-state index < -0.39 is 0 Å². The molecule has 0 unspecified atom stereocenters. The van der Waals surface area contributed by atoms with Crippen LogP contribution in [0, 0.1) is 6.92 Å². The average Bonchev–Trinajstić information content (AvgIpc) is 3.15. The molecule has 7 heteroatoms. The van der Waals surface area contributed by atoms with Gasteiger partial charge in [-0.15, -0.1) is 0 Å². The fourth-order valence-corrected chi connectivity index (χ4v) is 2.74. The normalized spacial score (nSPS) is 10.6. The Hall–Kier alpha value is -4.00. The van der Waals surface area contributed by atoms with Crippen molar-refractivity contribution in [3.05, 3.63) is 83.9 Å². The summed E-state index contributed by atoms with van der Waals surface area (Å²) in [5, 5.41) is 10.1. The van der Waals surface area contributed by atoms with Crippen LogP contribution >= 0.6 is 0 Å². The lowest BCUT2D eigenvalue weighted by Crippen LogP contribution is -2.14. The molecule has 7 nitrogen and oxygen atoms in total. The van der Waals surface area contributed by atoms with E-state index in [1.165, 1.54) is 6.20 Å². The number of carbonyl (C=O) groups is 2. The summed E-state index contributed by atoms with van der Waals surface area (Å²) in [5.41, 5.74) is 2.66. The van der Waals surface area contributed by atoms with Crippen molar-refractivity contribution in [3.8, 4) is 0 Å². The highest BCUT2D eigenvalue weighted by Gasteiger charge is 2.13. The van der Waals surface area contributed by atoms with E-state index in [0.717, 1.165) is 10.9 Å². The number of amides is 2. The van der Waals surface area contributed by atoms with E-state index in [4.69, 9.17) is 4.52 Å². The van der Waals surface area contributed by atoms with E-state index >= 15 is 0 Å². The van der Waals surface area contributed by atoms with Crippen molar-refractivity contribution in [1.29, 1.82) is 0 Å². The van der Waals surface area contributed by atoms with Gasteiger partial charge in [0, 0.05) is 16.8 Å². The minimum absolute atomic E-state index is 0.303. The smallest absolute Gasteiger partial charge is 0.274 e. The Bertz CT molecular complexity index is 1170. The fraction of sp³-hybridized carbons (Fsp3) is 0.0476. The number of rotatable bonds is 4. The summed E-state index contributed by atoms with van der Waals surface area (Å²) in [5.74, 6) is -0.164. The number of nitrogens with zero attached hydrogens (tertiary/aromatic N) is 2. The summed E-state index contributed by atoms with van der Waals surface area (Å²) in [6.07, 6.45) is 1.37. The maximum atomic E-state index is 12.5. The first-order chi connectivity index (χ1) is 13.6. The minimum Gasteiger partial charge on any atom is -0.361 e. The molecule has 2 amide bonds. The number of aromatic nitrogens is 2. The summed E-state index contributed by atoms with van der Waals surface area (Å²) in [7, 11) is 0. The van der Waals surface area contributed by atoms with Gasteiger partial charge in [0.1, 0.15) is 17.0 Å². The SMILES string of the molecule is Cc1oncc1C(=O)Nc1ccc(NC(=O)c2ccc3ccccc3n2)cc1. The third-order valence-corrected chi connectivity index (χ3v) is 4.23. The van der Waals surface area contributed by atoms with Crippen LogP contribution in [0.15, 0.2) is 71.4 Å². The Morgan fingerprint density at radius 2 is 1.54 bits per heavy atom. The zero-order valence-electron chi connectivity index (χ0n) is 15.0.